The van der Waals surface area contributed by atoms with Gasteiger partial charge in [0.05, 0.1) is 22.8 Å². The average molecular weight is 756 g/mol. The van der Waals surface area contributed by atoms with Crippen LogP contribution < -0.4 is 0 Å². The van der Waals surface area contributed by atoms with Crippen LogP contribution in [0.15, 0.2) is 58.5 Å². The minimum Gasteiger partial charge on any atom is -0.251 e. The first-order valence-electron chi connectivity index (χ1n) is 21.9. The van der Waals surface area contributed by atoms with E-state index in [-0.39, 0.29) is 16.5 Å². The number of aryl methyl sites for hydroxylation is 4. The Bertz CT molecular complexity index is 1220. The molecule has 0 heterocycles. The van der Waals surface area contributed by atoms with Gasteiger partial charge < -0.3 is 0 Å². The van der Waals surface area contributed by atoms with E-state index in [4.69, 9.17) is 9.98 Å². The van der Waals surface area contributed by atoms with Crippen molar-refractivity contribution < 1.29 is 16.5 Å². The van der Waals surface area contributed by atoms with E-state index in [0.717, 1.165) is 48.5 Å². The van der Waals surface area contributed by atoms with Crippen LogP contribution in [-0.4, -0.2) is 11.4 Å². The zero-order valence-corrected chi connectivity index (χ0v) is 35.9. The molecular formula is C49H80N2Ni. The molecule has 2 rings (SSSR count). The molecule has 0 atom stereocenters. The van der Waals surface area contributed by atoms with Crippen molar-refractivity contribution in [1.29, 1.82) is 0 Å². The molecule has 0 N–H and O–H groups in total. The molecule has 52 heavy (non-hydrogen) atoms. The summed E-state index contributed by atoms with van der Waals surface area (Å²) in [6.45, 7) is 13.2. The van der Waals surface area contributed by atoms with E-state index in [1.54, 1.807) is 0 Å². The second kappa shape index (κ2) is 32.4. The van der Waals surface area contributed by atoms with Crippen molar-refractivity contribution in [3.05, 3.63) is 70.8 Å². The number of allylic oxidation sites excluding steroid dienone is 2. The van der Waals surface area contributed by atoms with E-state index in [1.165, 1.54) is 170 Å². The molecule has 0 aliphatic rings. The Morgan fingerprint density at radius 3 is 1.12 bits per heavy atom. The van der Waals surface area contributed by atoms with E-state index in [9.17, 15) is 0 Å². The summed E-state index contributed by atoms with van der Waals surface area (Å²) in [7, 11) is 0. The summed E-state index contributed by atoms with van der Waals surface area (Å²) in [5.74, 6) is 0. The monoisotopic (exact) mass is 755 g/mol. The quantitative estimate of drug-likeness (QED) is 0.0416. The maximum Gasteiger partial charge on any atom is 0.0848 e. The molecule has 0 aromatic heterocycles. The van der Waals surface area contributed by atoms with Gasteiger partial charge in [0.2, 0.25) is 0 Å². The van der Waals surface area contributed by atoms with Gasteiger partial charge in [0, 0.05) is 16.5 Å². The van der Waals surface area contributed by atoms with Crippen LogP contribution in [0.5, 0.6) is 0 Å². The Labute approximate surface area is 333 Å². The van der Waals surface area contributed by atoms with Crippen molar-refractivity contribution in [2.24, 2.45) is 9.98 Å². The molecule has 0 radical (unpaired) electrons. The first-order chi connectivity index (χ1) is 24.9. The average Bonchev–Trinajstić information content (AvgIpc) is 3.08. The molecule has 0 saturated carbocycles. The summed E-state index contributed by atoms with van der Waals surface area (Å²) in [5.41, 5.74) is 9.20. The van der Waals surface area contributed by atoms with Crippen LogP contribution in [0.4, 0.5) is 11.4 Å². The van der Waals surface area contributed by atoms with Crippen molar-refractivity contribution >= 4 is 22.8 Å². The fraction of sp³-hybridized carbons (Fsp3) is 0.673. The van der Waals surface area contributed by atoms with Crippen molar-refractivity contribution in [3.63, 3.8) is 0 Å². The Morgan fingerprint density at radius 1 is 0.423 bits per heavy atom. The van der Waals surface area contributed by atoms with Gasteiger partial charge in [-0.3, -0.25) is 4.99 Å². The largest absolute Gasteiger partial charge is 0.251 e. The number of benzene rings is 2. The third kappa shape index (κ3) is 25.1. The van der Waals surface area contributed by atoms with Gasteiger partial charge in [-0.2, -0.15) is 0 Å². The maximum atomic E-state index is 5.21. The Hall–Kier alpha value is -1.99. The Kier molecular flexibility index (Phi) is 30.0. The van der Waals surface area contributed by atoms with Gasteiger partial charge >= 0.3 is 0 Å². The molecule has 0 fully saturated rings. The second-order valence-electron chi connectivity index (χ2n) is 15.8. The molecule has 0 saturated heterocycles. The van der Waals surface area contributed by atoms with Crippen molar-refractivity contribution in [1.82, 2.24) is 0 Å². The number of hydrogen-bond donors (Lipinski definition) is 0. The van der Waals surface area contributed by atoms with Gasteiger partial charge in [0.25, 0.3) is 0 Å². The van der Waals surface area contributed by atoms with Gasteiger partial charge in [0.1, 0.15) is 0 Å². The van der Waals surface area contributed by atoms with Crippen LogP contribution >= 0.6 is 0 Å². The SMILES string of the molecule is CCCCCCCCCCCCCCCCCCCCCCCCC/C=C/C(=N\c1cc(C)cc(C)c1)C(/CCCC)=N/c1cc(C)cc(C)c1.[Ni]. The molecule has 0 unspecified atom stereocenters. The van der Waals surface area contributed by atoms with Gasteiger partial charge in [-0.1, -0.05) is 180 Å². The maximum absolute atomic E-state index is 5.21. The molecule has 2 aromatic carbocycles. The summed E-state index contributed by atoms with van der Waals surface area (Å²) >= 11 is 0. The van der Waals surface area contributed by atoms with Crippen LogP contribution in [0.25, 0.3) is 0 Å². The summed E-state index contributed by atoms with van der Waals surface area (Å²) in [6.07, 6.45) is 41.8. The van der Waals surface area contributed by atoms with Crippen LogP contribution in [0.1, 0.15) is 209 Å². The van der Waals surface area contributed by atoms with Gasteiger partial charge in [-0.15, -0.1) is 0 Å². The normalized spacial score (nSPS) is 12.2. The molecule has 0 aliphatic heterocycles. The molecular weight excluding hydrogens is 675 g/mol. The molecule has 0 bridgehead atoms. The zero-order valence-electron chi connectivity index (χ0n) is 34.9. The van der Waals surface area contributed by atoms with Gasteiger partial charge in [-0.05, 0) is 106 Å². The predicted molar refractivity (Wildman–Crippen MR) is 231 cm³/mol. The Balaban J connectivity index is 0.0000135. The van der Waals surface area contributed by atoms with E-state index >= 15 is 0 Å². The topological polar surface area (TPSA) is 24.7 Å². The van der Waals surface area contributed by atoms with Crippen molar-refractivity contribution in [3.8, 4) is 0 Å². The standard InChI is InChI=1S/C49H80N2.Ni/c1-7-9-11-12-13-14-15-16-17-18-19-20-21-22-23-24-25-26-27-28-29-30-31-32-33-35-49(51-47-40-44(5)37-45(6)41-47)48(34-10-8-2)50-46-38-42(3)36-43(4)39-46;/h33,35-41H,7-32,34H2,1-6H3;/b35-33+,50-48+,51-49+;. The molecule has 0 aliphatic carbocycles. The third-order valence-corrected chi connectivity index (χ3v) is 10.2. The third-order valence-electron chi connectivity index (χ3n) is 10.2. The fourth-order valence-corrected chi connectivity index (χ4v) is 7.35. The fourth-order valence-electron chi connectivity index (χ4n) is 7.35. The molecule has 3 heteroatoms. The van der Waals surface area contributed by atoms with Crippen LogP contribution in [0, 0.1) is 27.7 Å². The Morgan fingerprint density at radius 2 is 0.750 bits per heavy atom. The number of nitrogens with zero attached hydrogens (tertiary/aromatic N) is 2. The van der Waals surface area contributed by atoms with E-state index < -0.39 is 0 Å². The molecule has 2 aromatic rings. The zero-order chi connectivity index (χ0) is 36.8. The number of aliphatic imine (C=N–C) groups is 2. The number of unbranched alkanes of at least 4 members (excludes halogenated alkanes) is 24. The van der Waals surface area contributed by atoms with Crippen molar-refractivity contribution in [2.75, 3.05) is 0 Å². The molecule has 2 nitrogen and oxygen atoms in total. The van der Waals surface area contributed by atoms with Crippen molar-refractivity contribution in [2.45, 2.75) is 215 Å². The molecule has 296 valence electrons. The number of rotatable bonds is 31. The first kappa shape index (κ1) is 48.0. The molecule has 0 spiro atoms. The van der Waals surface area contributed by atoms with Gasteiger partial charge in [0.15, 0.2) is 0 Å². The second-order valence-corrected chi connectivity index (χ2v) is 15.8. The van der Waals surface area contributed by atoms with Crippen LogP contribution in [0.2, 0.25) is 0 Å². The first-order valence-corrected chi connectivity index (χ1v) is 21.9. The predicted octanol–water partition coefficient (Wildman–Crippen LogP) is 16.9. The van der Waals surface area contributed by atoms with Crippen LogP contribution in [0.3, 0.4) is 0 Å². The van der Waals surface area contributed by atoms with E-state index in [2.05, 4.69) is 90.1 Å². The summed E-state index contributed by atoms with van der Waals surface area (Å²) < 4.78 is 0. The summed E-state index contributed by atoms with van der Waals surface area (Å²) in [5, 5.41) is 0. The summed E-state index contributed by atoms with van der Waals surface area (Å²) in [6, 6.07) is 13.2. The van der Waals surface area contributed by atoms with Crippen LogP contribution in [-0.2, 0) is 16.5 Å². The smallest absolute Gasteiger partial charge is 0.0848 e. The minimum atomic E-state index is 0. The van der Waals surface area contributed by atoms with E-state index in [0.29, 0.717) is 0 Å². The number of hydrogen-bond acceptors (Lipinski definition) is 2. The summed E-state index contributed by atoms with van der Waals surface area (Å²) in [4.78, 5) is 10.4. The molecule has 0 amide bonds. The van der Waals surface area contributed by atoms with Gasteiger partial charge in [-0.25, -0.2) is 4.99 Å². The van der Waals surface area contributed by atoms with E-state index in [1.807, 2.05) is 0 Å². The minimum absolute atomic E-state index is 0.